The van der Waals surface area contributed by atoms with Crippen LogP contribution in [0.25, 0.3) is 0 Å². The van der Waals surface area contributed by atoms with Gasteiger partial charge in [0.15, 0.2) is 0 Å². The molecule has 0 unspecified atom stereocenters. The Morgan fingerprint density at radius 2 is 2.25 bits per heavy atom. The van der Waals surface area contributed by atoms with Gasteiger partial charge in [0.05, 0.1) is 7.11 Å². The number of methoxy groups -OCH3 is 1. The van der Waals surface area contributed by atoms with E-state index in [0.717, 1.165) is 12.1 Å². The van der Waals surface area contributed by atoms with Gasteiger partial charge in [0.25, 0.3) is 0 Å². The van der Waals surface area contributed by atoms with Crippen LogP contribution >= 0.6 is 11.6 Å². The van der Waals surface area contributed by atoms with Crippen LogP contribution in [0.3, 0.4) is 0 Å². The minimum absolute atomic E-state index is 0.0982. The van der Waals surface area contributed by atoms with Gasteiger partial charge in [-0.15, -0.1) is 0 Å². The molecule has 0 saturated heterocycles. The van der Waals surface area contributed by atoms with Crippen molar-refractivity contribution in [2.75, 3.05) is 20.7 Å². The fourth-order valence-corrected chi connectivity index (χ4v) is 1.74. The van der Waals surface area contributed by atoms with E-state index in [0.29, 0.717) is 17.2 Å². The molecule has 0 saturated carbocycles. The lowest BCUT2D eigenvalue weighted by Gasteiger charge is -2.11. The fourth-order valence-electron chi connectivity index (χ4n) is 1.50. The molecule has 0 radical (unpaired) electrons. The van der Waals surface area contributed by atoms with E-state index in [1.54, 1.807) is 6.07 Å². The molecule has 4 nitrogen and oxygen atoms in total. The number of carboxylic acid groups (broad SMARTS) is 1. The molecular formula is C11H14ClNO3. The van der Waals surface area contributed by atoms with Gasteiger partial charge in [-0.2, -0.15) is 0 Å². The van der Waals surface area contributed by atoms with Crippen molar-refractivity contribution in [3.63, 3.8) is 0 Å². The van der Waals surface area contributed by atoms with Crippen LogP contribution in [0.5, 0.6) is 5.75 Å². The van der Waals surface area contributed by atoms with Gasteiger partial charge in [0.1, 0.15) is 11.3 Å². The number of benzene rings is 1. The maximum absolute atomic E-state index is 11.0. The third-order valence-corrected chi connectivity index (χ3v) is 2.43. The van der Waals surface area contributed by atoms with Crippen molar-refractivity contribution in [1.29, 1.82) is 0 Å². The first-order valence-electron chi connectivity index (χ1n) is 4.84. The number of ether oxygens (including phenoxy) is 1. The number of rotatable bonds is 5. The van der Waals surface area contributed by atoms with Crippen LogP contribution in [0.4, 0.5) is 0 Å². The number of nitrogens with one attached hydrogen (secondary N) is 1. The van der Waals surface area contributed by atoms with E-state index in [1.807, 2.05) is 7.05 Å². The second kappa shape index (κ2) is 5.72. The zero-order chi connectivity index (χ0) is 12.1. The lowest BCUT2D eigenvalue weighted by molar-refractivity contribution is 0.0693. The van der Waals surface area contributed by atoms with Gasteiger partial charge in [-0.05, 0) is 37.7 Å². The average molecular weight is 244 g/mol. The number of carbonyl (C=O) groups is 1. The van der Waals surface area contributed by atoms with Gasteiger partial charge in [0, 0.05) is 5.02 Å². The van der Waals surface area contributed by atoms with Crippen LogP contribution in [0.1, 0.15) is 15.9 Å². The highest BCUT2D eigenvalue weighted by Gasteiger charge is 2.16. The van der Waals surface area contributed by atoms with Crippen molar-refractivity contribution in [2.45, 2.75) is 6.42 Å². The van der Waals surface area contributed by atoms with Crippen LogP contribution in [0, 0.1) is 0 Å². The molecule has 1 aromatic carbocycles. The third-order valence-electron chi connectivity index (χ3n) is 2.21. The third kappa shape index (κ3) is 2.87. The van der Waals surface area contributed by atoms with Gasteiger partial charge in [0.2, 0.25) is 0 Å². The lowest BCUT2D eigenvalue weighted by atomic mass is 10.1. The van der Waals surface area contributed by atoms with E-state index in [2.05, 4.69) is 5.32 Å². The Morgan fingerprint density at radius 1 is 1.56 bits per heavy atom. The van der Waals surface area contributed by atoms with Crippen LogP contribution in [0.15, 0.2) is 12.1 Å². The molecule has 1 aromatic rings. The van der Waals surface area contributed by atoms with E-state index < -0.39 is 5.97 Å². The summed E-state index contributed by atoms with van der Waals surface area (Å²) in [7, 11) is 3.29. The molecular weight excluding hydrogens is 230 g/mol. The zero-order valence-electron chi connectivity index (χ0n) is 9.21. The van der Waals surface area contributed by atoms with Crippen LogP contribution < -0.4 is 10.1 Å². The van der Waals surface area contributed by atoms with E-state index in [1.165, 1.54) is 13.2 Å². The maximum Gasteiger partial charge on any atom is 0.339 e. The molecule has 0 aliphatic rings. The van der Waals surface area contributed by atoms with Gasteiger partial charge < -0.3 is 15.2 Å². The molecule has 0 fully saturated rings. The summed E-state index contributed by atoms with van der Waals surface area (Å²) in [6.45, 7) is 0.732. The molecule has 88 valence electrons. The molecule has 1 rings (SSSR count). The second-order valence-electron chi connectivity index (χ2n) is 3.30. The number of likely N-dealkylation sites (N-methyl/N-ethyl adjacent to an activating group) is 1. The molecule has 0 heterocycles. The first-order chi connectivity index (χ1) is 7.60. The minimum Gasteiger partial charge on any atom is -0.496 e. The molecule has 0 amide bonds. The van der Waals surface area contributed by atoms with Crippen LogP contribution in [-0.2, 0) is 6.42 Å². The number of hydrogen-bond donors (Lipinski definition) is 2. The van der Waals surface area contributed by atoms with Crippen molar-refractivity contribution in [2.24, 2.45) is 0 Å². The zero-order valence-corrected chi connectivity index (χ0v) is 9.97. The Morgan fingerprint density at radius 3 is 2.75 bits per heavy atom. The largest absolute Gasteiger partial charge is 0.496 e. The summed E-state index contributed by atoms with van der Waals surface area (Å²) in [6, 6.07) is 3.12. The summed E-state index contributed by atoms with van der Waals surface area (Å²) in [5.74, 6) is -0.655. The molecule has 0 spiro atoms. The summed E-state index contributed by atoms with van der Waals surface area (Å²) < 4.78 is 5.12. The number of carboxylic acids is 1. The summed E-state index contributed by atoms with van der Waals surface area (Å²) in [5, 5.41) is 12.4. The van der Waals surface area contributed by atoms with Crippen molar-refractivity contribution in [3.8, 4) is 5.75 Å². The SMILES string of the molecule is CNCCc1cc(Cl)cc(C(=O)O)c1OC. The Labute approximate surface area is 99.2 Å². The highest BCUT2D eigenvalue weighted by Crippen LogP contribution is 2.28. The lowest BCUT2D eigenvalue weighted by Crippen LogP contribution is -2.12. The van der Waals surface area contributed by atoms with E-state index in [9.17, 15) is 4.79 Å². The monoisotopic (exact) mass is 243 g/mol. The summed E-state index contributed by atoms with van der Waals surface area (Å²) >= 11 is 5.86. The van der Waals surface area contributed by atoms with Gasteiger partial charge in [-0.1, -0.05) is 11.6 Å². The molecule has 5 heteroatoms. The van der Waals surface area contributed by atoms with E-state index in [4.69, 9.17) is 21.4 Å². The molecule has 0 aromatic heterocycles. The highest BCUT2D eigenvalue weighted by molar-refractivity contribution is 6.31. The summed E-state index contributed by atoms with van der Waals surface area (Å²) in [6.07, 6.45) is 0.667. The second-order valence-corrected chi connectivity index (χ2v) is 3.74. The highest BCUT2D eigenvalue weighted by atomic mass is 35.5. The number of halogens is 1. The van der Waals surface area contributed by atoms with E-state index in [-0.39, 0.29) is 5.56 Å². The Balaban J connectivity index is 3.19. The molecule has 0 atom stereocenters. The van der Waals surface area contributed by atoms with Gasteiger partial charge in [-0.3, -0.25) is 0 Å². The summed E-state index contributed by atoms with van der Waals surface area (Å²) in [4.78, 5) is 11.0. The predicted molar refractivity (Wildman–Crippen MR) is 62.6 cm³/mol. The van der Waals surface area contributed by atoms with Gasteiger partial charge in [-0.25, -0.2) is 4.79 Å². The van der Waals surface area contributed by atoms with Gasteiger partial charge >= 0.3 is 5.97 Å². The fraction of sp³-hybridized carbons (Fsp3) is 0.364. The average Bonchev–Trinajstić information content (AvgIpc) is 2.25. The van der Waals surface area contributed by atoms with Crippen molar-refractivity contribution in [3.05, 3.63) is 28.3 Å². The van der Waals surface area contributed by atoms with Crippen molar-refractivity contribution >= 4 is 17.6 Å². The topological polar surface area (TPSA) is 58.6 Å². The molecule has 16 heavy (non-hydrogen) atoms. The predicted octanol–water partition coefficient (Wildman–Crippen LogP) is 1.81. The normalized spacial score (nSPS) is 10.2. The Kier molecular flexibility index (Phi) is 4.58. The maximum atomic E-state index is 11.0. The first-order valence-corrected chi connectivity index (χ1v) is 5.22. The van der Waals surface area contributed by atoms with Crippen LogP contribution in [-0.4, -0.2) is 31.8 Å². The molecule has 2 N–H and O–H groups in total. The van der Waals surface area contributed by atoms with Crippen molar-refractivity contribution < 1.29 is 14.6 Å². The first kappa shape index (κ1) is 12.8. The quantitative estimate of drug-likeness (QED) is 0.828. The van der Waals surface area contributed by atoms with Crippen molar-refractivity contribution in [1.82, 2.24) is 5.32 Å². The minimum atomic E-state index is -1.04. The van der Waals surface area contributed by atoms with E-state index >= 15 is 0 Å². The standard InChI is InChI=1S/C11H14ClNO3/c1-13-4-3-7-5-8(12)6-9(11(14)15)10(7)16-2/h5-6,13H,3-4H2,1-2H3,(H,14,15). The molecule has 0 bridgehead atoms. The Hall–Kier alpha value is -1.26. The smallest absolute Gasteiger partial charge is 0.339 e. The molecule has 0 aliphatic carbocycles. The Bertz CT molecular complexity index is 393. The van der Waals surface area contributed by atoms with Crippen LogP contribution in [0.2, 0.25) is 5.02 Å². The number of aromatic carboxylic acids is 1. The summed E-state index contributed by atoms with van der Waals surface area (Å²) in [5.41, 5.74) is 0.892. The molecule has 0 aliphatic heterocycles. The number of hydrogen-bond acceptors (Lipinski definition) is 3.